The van der Waals surface area contributed by atoms with Crippen molar-refractivity contribution >= 4 is 12.0 Å². The van der Waals surface area contributed by atoms with Gasteiger partial charge in [0.15, 0.2) is 0 Å². The molecule has 0 radical (unpaired) electrons. The molecular weight excluding hydrogens is 341 g/mol. The number of rotatable bonds is 4. The first kappa shape index (κ1) is 17.1. The summed E-state index contributed by atoms with van der Waals surface area (Å²) in [6.45, 7) is 1.48. The predicted molar refractivity (Wildman–Crippen MR) is 95.5 cm³/mol. The van der Waals surface area contributed by atoms with E-state index in [-0.39, 0.29) is 12.1 Å². The van der Waals surface area contributed by atoms with Gasteiger partial charge in [0.1, 0.15) is 18.3 Å². The van der Waals surface area contributed by atoms with Crippen LogP contribution in [0.25, 0.3) is 0 Å². The molecule has 0 atom stereocenters. The molecule has 1 fully saturated rings. The van der Waals surface area contributed by atoms with Crippen LogP contribution in [0.5, 0.6) is 0 Å². The van der Waals surface area contributed by atoms with Gasteiger partial charge >= 0.3 is 0 Å². The predicted octanol–water partition coefficient (Wildman–Crippen LogP) is 3.61. The minimum Gasteiger partial charge on any atom is -0.348 e. The van der Waals surface area contributed by atoms with Crippen molar-refractivity contribution in [3.8, 4) is 0 Å². The molecule has 1 aromatic carbocycles. The largest absolute Gasteiger partial charge is 0.348 e. The highest BCUT2D eigenvalue weighted by atomic mass is 19.3. The quantitative estimate of drug-likeness (QED) is 0.902. The van der Waals surface area contributed by atoms with Crippen LogP contribution in [0.3, 0.4) is 0 Å². The molecule has 138 valence electrons. The number of H-pyrrole nitrogens is 1. The van der Waals surface area contributed by atoms with Gasteiger partial charge in [-0.1, -0.05) is 12.1 Å². The maximum absolute atomic E-state index is 14.5. The van der Waals surface area contributed by atoms with Crippen molar-refractivity contribution in [3.05, 3.63) is 53.5 Å². The Bertz CT molecular complexity index is 776. The SMILES string of the molecule is Fc1ccc(C(F)(F)CN2CCC(N3CN=Cc4cc[nH]c43)CC2)cc1. The van der Waals surface area contributed by atoms with E-state index in [2.05, 4.69) is 14.9 Å². The zero-order valence-electron chi connectivity index (χ0n) is 14.3. The van der Waals surface area contributed by atoms with Crippen LogP contribution in [0.15, 0.2) is 41.5 Å². The van der Waals surface area contributed by atoms with Gasteiger partial charge in [-0.3, -0.25) is 9.89 Å². The van der Waals surface area contributed by atoms with E-state index in [4.69, 9.17) is 0 Å². The third-order valence-electron chi connectivity index (χ3n) is 5.19. The van der Waals surface area contributed by atoms with E-state index in [1.54, 1.807) is 4.90 Å². The van der Waals surface area contributed by atoms with Crippen molar-refractivity contribution in [2.24, 2.45) is 4.99 Å². The molecular formula is C19H21F3N4. The van der Waals surface area contributed by atoms with E-state index in [9.17, 15) is 13.2 Å². The summed E-state index contributed by atoms with van der Waals surface area (Å²) < 4.78 is 41.9. The Hall–Kier alpha value is -2.28. The molecule has 0 aliphatic carbocycles. The van der Waals surface area contributed by atoms with Crippen molar-refractivity contribution in [1.29, 1.82) is 0 Å². The Balaban J connectivity index is 1.37. The number of nitrogens with one attached hydrogen (secondary N) is 1. The van der Waals surface area contributed by atoms with Crippen LogP contribution in [0.4, 0.5) is 19.0 Å². The molecule has 0 amide bonds. The minimum absolute atomic E-state index is 0.137. The van der Waals surface area contributed by atoms with Gasteiger partial charge in [0.2, 0.25) is 0 Å². The summed E-state index contributed by atoms with van der Waals surface area (Å²) in [5, 5.41) is 0. The maximum Gasteiger partial charge on any atom is 0.285 e. The van der Waals surface area contributed by atoms with Gasteiger partial charge in [-0.2, -0.15) is 8.78 Å². The zero-order chi connectivity index (χ0) is 18.1. The Morgan fingerprint density at radius 1 is 1.12 bits per heavy atom. The number of fused-ring (bicyclic) bond motifs is 1. The molecule has 26 heavy (non-hydrogen) atoms. The fourth-order valence-electron chi connectivity index (χ4n) is 3.78. The Morgan fingerprint density at radius 2 is 1.85 bits per heavy atom. The summed E-state index contributed by atoms with van der Waals surface area (Å²) in [7, 11) is 0. The van der Waals surface area contributed by atoms with Crippen LogP contribution in [0.2, 0.25) is 0 Å². The molecule has 2 aromatic rings. The lowest BCUT2D eigenvalue weighted by atomic mass is 10.0. The monoisotopic (exact) mass is 362 g/mol. The number of alkyl halides is 2. The van der Waals surface area contributed by atoms with Gasteiger partial charge < -0.3 is 9.88 Å². The van der Waals surface area contributed by atoms with Crippen molar-refractivity contribution < 1.29 is 13.2 Å². The molecule has 3 heterocycles. The number of hydrogen-bond donors (Lipinski definition) is 1. The average molecular weight is 362 g/mol. The molecule has 1 N–H and O–H groups in total. The minimum atomic E-state index is -2.98. The highest BCUT2D eigenvalue weighted by Gasteiger charge is 2.36. The smallest absolute Gasteiger partial charge is 0.285 e. The molecule has 1 saturated heterocycles. The van der Waals surface area contributed by atoms with E-state index >= 15 is 0 Å². The number of nitrogens with zero attached hydrogens (tertiary/aromatic N) is 3. The van der Waals surface area contributed by atoms with Crippen LogP contribution in [-0.2, 0) is 5.92 Å². The van der Waals surface area contributed by atoms with Gasteiger partial charge in [-0.05, 0) is 31.0 Å². The van der Waals surface area contributed by atoms with Gasteiger partial charge in [0.25, 0.3) is 5.92 Å². The van der Waals surface area contributed by atoms with Crippen molar-refractivity contribution in [3.63, 3.8) is 0 Å². The topological polar surface area (TPSA) is 34.6 Å². The molecule has 2 aliphatic rings. The molecule has 0 bridgehead atoms. The fourth-order valence-corrected chi connectivity index (χ4v) is 3.78. The molecule has 0 saturated carbocycles. The highest BCUT2D eigenvalue weighted by molar-refractivity contribution is 5.88. The van der Waals surface area contributed by atoms with E-state index in [0.717, 1.165) is 36.4 Å². The van der Waals surface area contributed by atoms with Crippen LogP contribution < -0.4 is 4.90 Å². The Kier molecular flexibility index (Phi) is 4.48. The lowest BCUT2D eigenvalue weighted by Gasteiger charge is -2.40. The van der Waals surface area contributed by atoms with Crippen molar-refractivity contribution in [2.45, 2.75) is 24.8 Å². The average Bonchev–Trinajstić information content (AvgIpc) is 3.11. The van der Waals surface area contributed by atoms with Crippen LogP contribution in [-0.4, -0.2) is 48.4 Å². The van der Waals surface area contributed by atoms with E-state index in [0.29, 0.717) is 25.8 Å². The molecule has 7 heteroatoms. The van der Waals surface area contributed by atoms with Crippen LogP contribution >= 0.6 is 0 Å². The van der Waals surface area contributed by atoms with Crippen LogP contribution in [0.1, 0.15) is 24.0 Å². The number of hydrogen-bond acceptors (Lipinski definition) is 3. The number of benzene rings is 1. The number of aromatic nitrogens is 1. The number of aromatic amines is 1. The molecule has 4 rings (SSSR count). The molecule has 2 aliphatic heterocycles. The summed E-state index contributed by atoms with van der Waals surface area (Å²) in [5.74, 6) is -2.42. The Morgan fingerprint density at radius 3 is 2.58 bits per heavy atom. The summed E-state index contributed by atoms with van der Waals surface area (Å²) in [6, 6.07) is 6.78. The molecule has 0 spiro atoms. The highest BCUT2D eigenvalue weighted by Crippen LogP contribution is 2.32. The number of halogens is 3. The second-order valence-electron chi connectivity index (χ2n) is 6.92. The molecule has 4 nitrogen and oxygen atoms in total. The summed E-state index contributed by atoms with van der Waals surface area (Å²) in [4.78, 5) is 11.7. The normalized spacial score (nSPS) is 19.0. The number of anilines is 1. The number of piperidine rings is 1. The lowest BCUT2D eigenvalue weighted by molar-refractivity contribution is -0.0426. The summed E-state index contributed by atoms with van der Waals surface area (Å²) >= 11 is 0. The van der Waals surface area contributed by atoms with E-state index in [1.807, 2.05) is 18.5 Å². The number of aliphatic imine (C=N–C) groups is 1. The summed E-state index contributed by atoms with van der Waals surface area (Å²) in [5.41, 5.74) is 0.934. The number of likely N-dealkylation sites (tertiary alicyclic amines) is 1. The fraction of sp³-hybridized carbons (Fsp3) is 0.421. The van der Waals surface area contributed by atoms with Gasteiger partial charge in [-0.15, -0.1) is 0 Å². The Labute approximate surface area is 150 Å². The maximum atomic E-state index is 14.5. The first-order valence-corrected chi connectivity index (χ1v) is 8.83. The zero-order valence-corrected chi connectivity index (χ0v) is 14.3. The third-order valence-corrected chi connectivity index (χ3v) is 5.19. The first-order valence-electron chi connectivity index (χ1n) is 8.83. The lowest BCUT2D eigenvalue weighted by Crippen LogP contribution is -2.48. The first-order chi connectivity index (χ1) is 12.5. The van der Waals surface area contributed by atoms with E-state index < -0.39 is 11.7 Å². The standard InChI is InChI=1S/C19H21F3N4/c20-16-3-1-15(2-4-16)19(21,22)12-25-9-6-17(7-10-25)26-13-23-11-14-5-8-24-18(14)26/h1-5,8,11,17,24H,6-7,9-10,12-13H2. The van der Waals surface area contributed by atoms with Crippen molar-refractivity contribution in [2.75, 3.05) is 31.2 Å². The second-order valence-corrected chi connectivity index (χ2v) is 6.92. The molecule has 0 unspecified atom stereocenters. The van der Waals surface area contributed by atoms with Gasteiger partial charge in [0.05, 0.1) is 6.54 Å². The third kappa shape index (κ3) is 3.35. The second kappa shape index (κ2) is 6.79. The van der Waals surface area contributed by atoms with Gasteiger partial charge in [-0.25, -0.2) is 4.39 Å². The van der Waals surface area contributed by atoms with E-state index in [1.165, 1.54) is 12.1 Å². The molecule has 1 aromatic heterocycles. The van der Waals surface area contributed by atoms with Crippen LogP contribution in [0, 0.1) is 5.82 Å². The van der Waals surface area contributed by atoms with Crippen molar-refractivity contribution in [1.82, 2.24) is 9.88 Å². The summed E-state index contributed by atoms with van der Waals surface area (Å²) in [6.07, 6.45) is 5.38. The van der Waals surface area contributed by atoms with Gasteiger partial charge in [0, 0.05) is 42.7 Å².